The third kappa shape index (κ3) is 3.59. The van der Waals surface area contributed by atoms with Gasteiger partial charge in [-0.3, -0.25) is 9.59 Å². The van der Waals surface area contributed by atoms with E-state index in [1.54, 1.807) is 18.7 Å². The molecule has 0 amide bonds. The summed E-state index contributed by atoms with van der Waals surface area (Å²) in [6.45, 7) is 5.72. The quantitative estimate of drug-likeness (QED) is 0.618. The largest absolute Gasteiger partial charge is 0.481 e. The van der Waals surface area contributed by atoms with E-state index in [9.17, 15) is 9.59 Å². The summed E-state index contributed by atoms with van der Waals surface area (Å²) in [5.41, 5.74) is 0. The standard InChI is InChI=1S/C16H20O4S/c1-4-19-16(18)14(10(2)3)15(17)12-9-21-13-8-6-5-7-11(13)20-12/h5-8,10,12,14H,4,9H2,1-3H3. The number of thioether (sulfide) groups is 1. The predicted molar refractivity (Wildman–Crippen MR) is 81.6 cm³/mol. The van der Waals surface area contributed by atoms with Crippen molar-refractivity contribution in [3.05, 3.63) is 24.3 Å². The number of benzene rings is 1. The monoisotopic (exact) mass is 308 g/mol. The second-order valence-electron chi connectivity index (χ2n) is 5.24. The summed E-state index contributed by atoms with van der Waals surface area (Å²) in [4.78, 5) is 25.7. The van der Waals surface area contributed by atoms with Crippen molar-refractivity contribution in [2.45, 2.75) is 31.8 Å². The van der Waals surface area contributed by atoms with Crippen molar-refractivity contribution in [2.24, 2.45) is 11.8 Å². The Morgan fingerprint density at radius 1 is 1.38 bits per heavy atom. The Kier molecular flexibility index (Phi) is 5.28. The number of fused-ring (bicyclic) bond motifs is 1. The van der Waals surface area contributed by atoms with Gasteiger partial charge in [-0.1, -0.05) is 26.0 Å². The summed E-state index contributed by atoms with van der Waals surface area (Å²) in [5, 5.41) is 0. The van der Waals surface area contributed by atoms with Crippen LogP contribution < -0.4 is 4.74 Å². The molecule has 1 aliphatic heterocycles. The van der Waals surface area contributed by atoms with Gasteiger partial charge in [0.2, 0.25) is 0 Å². The topological polar surface area (TPSA) is 52.6 Å². The molecule has 21 heavy (non-hydrogen) atoms. The summed E-state index contributed by atoms with van der Waals surface area (Å²) in [6.07, 6.45) is -0.596. The maximum atomic E-state index is 12.6. The Morgan fingerprint density at radius 2 is 2.10 bits per heavy atom. The minimum Gasteiger partial charge on any atom is -0.481 e. The van der Waals surface area contributed by atoms with Gasteiger partial charge in [0.05, 0.1) is 6.61 Å². The van der Waals surface area contributed by atoms with Crippen LogP contribution in [-0.4, -0.2) is 30.2 Å². The third-order valence-corrected chi connectivity index (χ3v) is 4.46. The molecule has 1 aliphatic rings. The molecule has 0 spiro atoms. The summed E-state index contributed by atoms with van der Waals surface area (Å²) in [6, 6.07) is 7.62. The Labute approximate surface area is 129 Å². The summed E-state index contributed by atoms with van der Waals surface area (Å²) in [5.74, 6) is -0.282. The first kappa shape index (κ1) is 15.9. The zero-order chi connectivity index (χ0) is 15.4. The van der Waals surface area contributed by atoms with Crippen LogP contribution in [0.3, 0.4) is 0 Å². The van der Waals surface area contributed by atoms with Gasteiger partial charge in [-0.2, -0.15) is 0 Å². The number of para-hydroxylation sites is 1. The Bertz CT molecular complexity index is 527. The average molecular weight is 308 g/mol. The van der Waals surface area contributed by atoms with E-state index >= 15 is 0 Å². The Hall–Kier alpha value is -1.49. The zero-order valence-electron chi connectivity index (χ0n) is 12.5. The lowest BCUT2D eigenvalue weighted by Crippen LogP contribution is -2.42. The van der Waals surface area contributed by atoms with Gasteiger partial charge >= 0.3 is 5.97 Å². The van der Waals surface area contributed by atoms with Gasteiger partial charge in [0.25, 0.3) is 0 Å². The van der Waals surface area contributed by atoms with Gasteiger partial charge in [0, 0.05) is 10.6 Å². The van der Waals surface area contributed by atoms with Crippen LogP contribution in [-0.2, 0) is 14.3 Å². The molecule has 2 rings (SSSR count). The van der Waals surface area contributed by atoms with Gasteiger partial charge < -0.3 is 9.47 Å². The molecule has 114 valence electrons. The number of ketones is 1. The molecule has 1 aromatic rings. The highest BCUT2D eigenvalue weighted by Crippen LogP contribution is 2.36. The van der Waals surface area contributed by atoms with Gasteiger partial charge in [0.1, 0.15) is 11.7 Å². The van der Waals surface area contributed by atoms with Crippen molar-refractivity contribution < 1.29 is 19.1 Å². The highest BCUT2D eigenvalue weighted by atomic mass is 32.2. The first-order valence-corrected chi connectivity index (χ1v) is 8.12. The van der Waals surface area contributed by atoms with Crippen LogP contribution >= 0.6 is 11.8 Å². The van der Waals surface area contributed by atoms with Crippen LogP contribution in [0.2, 0.25) is 0 Å². The third-order valence-electron chi connectivity index (χ3n) is 3.34. The molecule has 0 bridgehead atoms. The number of hydrogen-bond donors (Lipinski definition) is 0. The number of carbonyl (C=O) groups excluding carboxylic acids is 2. The number of hydrogen-bond acceptors (Lipinski definition) is 5. The van der Waals surface area contributed by atoms with E-state index in [4.69, 9.17) is 9.47 Å². The van der Waals surface area contributed by atoms with Crippen LogP contribution in [0.25, 0.3) is 0 Å². The fraction of sp³-hybridized carbons (Fsp3) is 0.500. The van der Waals surface area contributed by atoms with Crippen molar-refractivity contribution >= 4 is 23.5 Å². The van der Waals surface area contributed by atoms with Crippen LogP contribution in [0.1, 0.15) is 20.8 Å². The molecule has 2 atom stereocenters. The number of esters is 1. The fourth-order valence-corrected chi connectivity index (χ4v) is 3.31. The SMILES string of the molecule is CCOC(=O)C(C(=O)C1CSc2ccccc2O1)C(C)C. The molecule has 0 fully saturated rings. The summed E-state index contributed by atoms with van der Waals surface area (Å²) in [7, 11) is 0. The van der Waals surface area contributed by atoms with Crippen molar-refractivity contribution in [2.75, 3.05) is 12.4 Å². The van der Waals surface area contributed by atoms with E-state index in [1.807, 2.05) is 38.1 Å². The normalized spacial score (nSPS) is 18.6. The summed E-state index contributed by atoms with van der Waals surface area (Å²) < 4.78 is 10.8. The first-order chi connectivity index (χ1) is 10.0. The van der Waals surface area contributed by atoms with E-state index in [2.05, 4.69) is 0 Å². The highest BCUT2D eigenvalue weighted by molar-refractivity contribution is 7.99. The molecule has 0 N–H and O–H groups in total. The molecule has 0 saturated heterocycles. The van der Waals surface area contributed by atoms with Crippen LogP contribution in [0.5, 0.6) is 5.75 Å². The van der Waals surface area contributed by atoms with Gasteiger partial charge in [-0.15, -0.1) is 11.8 Å². The smallest absolute Gasteiger partial charge is 0.316 e. The molecule has 1 aromatic carbocycles. The summed E-state index contributed by atoms with van der Waals surface area (Å²) >= 11 is 1.58. The second kappa shape index (κ2) is 6.98. The van der Waals surface area contributed by atoms with Gasteiger partial charge in [0.15, 0.2) is 11.9 Å². The first-order valence-electron chi connectivity index (χ1n) is 7.13. The molecule has 5 heteroatoms. The van der Waals surface area contributed by atoms with E-state index in [-0.39, 0.29) is 18.3 Å². The van der Waals surface area contributed by atoms with Crippen molar-refractivity contribution in [3.8, 4) is 5.75 Å². The molecule has 0 aliphatic carbocycles. The van der Waals surface area contributed by atoms with Gasteiger partial charge in [-0.25, -0.2) is 0 Å². The highest BCUT2D eigenvalue weighted by Gasteiger charge is 2.38. The molecule has 4 nitrogen and oxygen atoms in total. The van der Waals surface area contributed by atoms with E-state index in [0.717, 1.165) is 4.90 Å². The minimum atomic E-state index is -0.763. The molecular formula is C16H20O4S. The number of rotatable bonds is 5. The molecule has 0 radical (unpaired) electrons. The molecule has 0 aromatic heterocycles. The molecule has 0 saturated carbocycles. The van der Waals surface area contributed by atoms with E-state index in [1.165, 1.54) is 0 Å². The molecular weight excluding hydrogens is 288 g/mol. The predicted octanol–water partition coefficient (Wildman–Crippen LogP) is 2.94. The molecule has 2 unspecified atom stereocenters. The maximum absolute atomic E-state index is 12.6. The van der Waals surface area contributed by atoms with Crippen molar-refractivity contribution in [1.82, 2.24) is 0 Å². The van der Waals surface area contributed by atoms with Crippen molar-refractivity contribution in [1.29, 1.82) is 0 Å². The number of ether oxygens (including phenoxy) is 2. The second-order valence-corrected chi connectivity index (χ2v) is 6.30. The van der Waals surface area contributed by atoms with E-state index < -0.39 is 18.0 Å². The Balaban J connectivity index is 2.14. The maximum Gasteiger partial charge on any atom is 0.316 e. The van der Waals surface area contributed by atoms with Crippen LogP contribution in [0.4, 0.5) is 0 Å². The fourth-order valence-electron chi connectivity index (χ4n) is 2.31. The zero-order valence-corrected chi connectivity index (χ0v) is 13.3. The average Bonchev–Trinajstić information content (AvgIpc) is 2.46. The van der Waals surface area contributed by atoms with E-state index in [0.29, 0.717) is 11.5 Å². The minimum absolute atomic E-state index is 0.109. The molecule has 1 heterocycles. The van der Waals surface area contributed by atoms with Crippen LogP contribution in [0.15, 0.2) is 29.2 Å². The lowest BCUT2D eigenvalue weighted by Gasteiger charge is -2.28. The lowest BCUT2D eigenvalue weighted by atomic mass is 9.89. The number of carbonyl (C=O) groups is 2. The van der Waals surface area contributed by atoms with Gasteiger partial charge in [-0.05, 0) is 25.0 Å². The Morgan fingerprint density at radius 3 is 2.76 bits per heavy atom. The lowest BCUT2D eigenvalue weighted by molar-refractivity contribution is -0.155. The van der Waals surface area contributed by atoms with Crippen LogP contribution in [0, 0.1) is 11.8 Å². The van der Waals surface area contributed by atoms with Crippen molar-refractivity contribution in [3.63, 3.8) is 0 Å². The number of Topliss-reactive ketones (excluding diaryl/α,β-unsaturated/α-hetero) is 1.